The zero-order chi connectivity index (χ0) is 20.8. The molecule has 2 aliphatic rings. The fourth-order valence-corrected chi connectivity index (χ4v) is 4.09. The second-order valence-electron chi connectivity index (χ2n) is 6.64. The van der Waals surface area contributed by atoms with Crippen LogP contribution < -0.4 is 5.32 Å². The average Bonchev–Trinajstić information content (AvgIpc) is 3.29. The van der Waals surface area contributed by atoms with Crippen molar-refractivity contribution in [1.29, 1.82) is 0 Å². The molecule has 6 nitrogen and oxygen atoms in total. The predicted octanol–water partition coefficient (Wildman–Crippen LogP) is 2.66. The zero-order valence-corrected chi connectivity index (χ0v) is 16.0. The van der Waals surface area contributed by atoms with Crippen LogP contribution in [0.15, 0.2) is 30.2 Å². The predicted molar refractivity (Wildman–Crippen MR) is 97.9 cm³/mol. The van der Waals surface area contributed by atoms with Crippen LogP contribution >= 0.6 is 11.3 Å². The highest BCUT2D eigenvalue weighted by molar-refractivity contribution is 7.09. The SMILES string of the molecule is C=CCN1CC[C@H]2OCC[C@@]2(C(=O)NCc2cccs2)C1.O=C(O)C(F)(F)F. The van der Waals surface area contributed by atoms with Gasteiger partial charge in [0.15, 0.2) is 0 Å². The number of carboxylic acid groups (broad SMARTS) is 1. The normalized spacial score (nSPS) is 24.6. The van der Waals surface area contributed by atoms with Gasteiger partial charge in [-0.1, -0.05) is 12.1 Å². The summed E-state index contributed by atoms with van der Waals surface area (Å²) in [4.78, 5) is 25.2. The molecule has 0 spiro atoms. The third-order valence-electron chi connectivity index (χ3n) is 4.78. The smallest absolute Gasteiger partial charge is 0.475 e. The third kappa shape index (κ3) is 5.55. The molecule has 28 heavy (non-hydrogen) atoms. The molecule has 0 saturated carbocycles. The van der Waals surface area contributed by atoms with Crippen LogP contribution in [0.3, 0.4) is 0 Å². The molecule has 2 atom stereocenters. The van der Waals surface area contributed by atoms with Crippen molar-refractivity contribution >= 4 is 23.2 Å². The van der Waals surface area contributed by atoms with Crippen LogP contribution in [0.1, 0.15) is 17.7 Å². The van der Waals surface area contributed by atoms with Crippen molar-refractivity contribution in [3.63, 3.8) is 0 Å². The maximum atomic E-state index is 12.8. The fourth-order valence-electron chi connectivity index (χ4n) is 3.45. The van der Waals surface area contributed by atoms with E-state index >= 15 is 0 Å². The maximum absolute atomic E-state index is 12.8. The maximum Gasteiger partial charge on any atom is 0.490 e. The van der Waals surface area contributed by atoms with E-state index in [-0.39, 0.29) is 17.4 Å². The highest BCUT2D eigenvalue weighted by Gasteiger charge is 2.52. The number of aliphatic carboxylic acids is 1. The zero-order valence-electron chi connectivity index (χ0n) is 15.2. The van der Waals surface area contributed by atoms with Gasteiger partial charge in [0, 0.05) is 31.1 Å². The molecule has 0 bridgehead atoms. The van der Waals surface area contributed by atoms with Crippen LogP contribution in [0.5, 0.6) is 0 Å². The van der Waals surface area contributed by atoms with Gasteiger partial charge >= 0.3 is 12.1 Å². The van der Waals surface area contributed by atoms with Gasteiger partial charge in [0.05, 0.1) is 18.1 Å². The number of nitrogens with zero attached hydrogens (tertiary/aromatic N) is 1. The molecule has 156 valence electrons. The second-order valence-corrected chi connectivity index (χ2v) is 7.68. The van der Waals surface area contributed by atoms with Crippen LogP contribution in [0.2, 0.25) is 0 Å². The number of carbonyl (C=O) groups excluding carboxylic acids is 1. The molecule has 10 heteroatoms. The fraction of sp³-hybridized carbons (Fsp3) is 0.556. The summed E-state index contributed by atoms with van der Waals surface area (Å²) in [6, 6.07) is 4.06. The summed E-state index contributed by atoms with van der Waals surface area (Å²) in [6.45, 7) is 7.72. The molecule has 1 amide bonds. The van der Waals surface area contributed by atoms with Crippen molar-refractivity contribution in [1.82, 2.24) is 10.2 Å². The number of carboxylic acids is 1. The Labute approximate surface area is 165 Å². The van der Waals surface area contributed by atoms with Crippen LogP contribution in [0.25, 0.3) is 0 Å². The van der Waals surface area contributed by atoms with Crippen molar-refractivity contribution in [3.8, 4) is 0 Å². The summed E-state index contributed by atoms with van der Waals surface area (Å²) in [6.07, 6.45) is -1.35. The van der Waals surface area contributed by atoms with E-state index in [1.54, 1.807) is 11.3 Å². The van der Waals surface area contributed by atoms with E-state index in [9.17, 15) is 18.0 Å². The number of alkyl halides is 3. The molecule has 1 aromatic rings. The van der Waals surface area contributed by atoms with Crippen molar-refractivity contribution in [2.75, 3.05) is 26.2 Å². The number of hydrogen-bond donors (Lipinski definition) is 2. The largest absolute Gasteiger partial charge is 0.490 e. The number of halogens is 3. The Hall–Kier alpha value is -1.91. The van der Waals surface area contributed by atoms with Crippen molar-refractivity contribution in [2.24, 2.45) is 5.41 Å². The summed E-state index contributed by atoms with van der Waals surface area (Å²) in [5.41, 5.74) is -0.376. The van der Waals surface area contributed by atoms with E-state index in [0.717, 1.165) is 32.5 Å². The minimum Gasteiger partial charge on any atom is -0.475 e. The molecule has 0 aromatic carbocycles. The molecule has 0 unspecified atom stereocenters. The van der Waals surface area contributed by atoms with Gasteiger partial charge < -0.3 is 15.2 Å². The highest BCUT2D eigenvalue weighted by atomic mass is 32.1. The van der Waals surface area contributed by atoms with Gasteiger partial charge in [-0.05, 0) is 24.3 Å². The average molecular weight is 420 g/mol. The first-order valence-corrected chi connectivity index (χ1v) is 9.62. The number of piperidine rings is 1. The van der Waals surface area contributed by atoms with Gasteiger partial charge in [-0.15, -0.1) is 17.9 Å². The van der Waals surface area contributed by atoms with Crippen LogP contribution in [-0.2, 0) is 20.9 Å². The molecular formula is C18H23F3N2O4S. The lowest BCUT2D eigenvalue weighted by Gasteiger charge is -2.42. The molecule has 2 fully saturated rings. The number of amides is 1. The first kappa shape index (κ1) is 22.4. The number of likely N-dealkylation sites (tertiary alicyclic amines) is 1. The number of nitrogens with one attached hydrogen (secondary N) is 1. The van der Waals surface area contributed by atoms with Gasteiger partial charge in [0.1, 0.15) is 0 Å². The summed E-state index contributed by atoms with van der Waals surface area (Å²) in [7, 11) is 0. The molecule has 3 heterocycles. The van der Waals surface area contributed by atoms with Gasteiger partial charge in [-0.2, -0.15) is 13.2 Å². The molecule has 3 rings (SSSR count). The lowest BCUT2D eigenvalue weighted by molar-refractivity contribution is -0.192. The molecule has 2 saturated heterocycles. The third-order valence-corrected chi connectivity index (χ3v) is 5.66. The number of fused-ring (bicyclic) bond motifs is 1. The number of rotatable bonds is 5. The number of ether oxygens (including phenoxy) is 1. The molecule has 1 aromatic heterocycles. The van der Waals surface area contributed by atoms with Crippen LogP contribution in [-0.4, -0.2) is 60.4 Å². The topological polar surface area (TPSA) is 78.9 Å². The standard InChI is InChI=1S/C16H22N2O2S.C2HF3O2/c1-2-7-18-8-5-14-16(12-18,6-9-20-14)15(19)17-11-13-4-3-10-21-13;3-2(4,5)1(6)7/h2-4,10,14H,1,5-9,11-12H2,(H,17,19);(H,6,7)/t14-,16-;/m1./s1. The van der Waals surface area contributed by atoms with E-state index in [4.69, 9.17) is 14.6 Å². The molecule has 2 N–H and O–H groups in total. The van der Waals surface area contributed by atoms with Crippen molar-refractivity contribution < 1.29 is 32.6 Å². The summed E-state index contributed by atoms with van der Waals surface area (Å²) < 4.78 is 37.6. The van der Waals surface area contributed by atoms with E-state index < -0.39 is 12.1 Å². The van der Waals surface area contributed by atoms with E-state index in [0.29, 0.717) is 13.2 Å². The Morgan fingerprint density at radius 1 is 1.50 bits per heavy atom. The van der Waals surface area contributed by atoms with Gasteiger partial charge in [-0.25, -0.2) is 4.79 Å². The Bertz CT molecular complexity index is 681. The molecule has 0 aliphatic carbocycles. The van der Waals surface area contributed by atoms with Gasteiger partial charge in [-0.3, -0.25) is 9.69 Å². The lowest BCUT2D eigenvalue weighted by atomic mass is 9.75. The first-order valence-electron chi connectivity index (χ1n) is 8.74. The Morgan fingerprint density at radius 2 is 2.21 bits per heavy atom. The van der Waals surface area contributed by atoms with E-state index in [1.807, 2.05) is 17.5 Å². The van der Waals surface area contributed by atoms with Crippen molar-refractivity contribution in [2.45, 2.75) is 31.7 Å². The van der Waals surface area contributed by atoms with Crippen LogP contribution in [0.4, 0.5) is 13.2 Å². The minimum absolute atomic E-state index is 0.0712. The number of carbonyl (C=O) groups is 2. The van der Waals surface area contributed by atoms with Gasteiger partial charge in [0.2, 0.25) is 5.91 Å². The molecule has 0 radical (unpaired) electrons. The summed E-state index contributed by atoms with van der Waals surface area (Å²) in [5.74, 6) is -2.61. The number of hydrogen-bond acceptors (Lipinski definition) is 5. The second kappa shape index (κ2) is 9.53. The lowest BCUT2D eigenvalue weighted by Crippen LogP contribution is -2.56. The Kier molecular flexibility index (Phi) is 7.62. The molecule has 2 aliphatic heterocycles. The van der Waals surface area contributed by atoms with Crippen molar-refractivity contribution in [3.05, 3.63) is 35.0 Å². The summed E-state index contributed by atoms with van der Waals surface area (Å²) in [5, 5.41) is 12.3. The molecular weight excluding hydrogens is 397 g/mol. The minimum atomic E-state index is -5.08. The Balaban J connectivity index is 0.000000345. The quantitative estimate of drug-likeness (QED) is 0.716. The van der Waals surface area contributed by atoms with Gasteiger partial charge in [0.25, 0.3) is 0 Å². The first-order chi connectivity index (χ1) is 13.2. The summed E-state index contributed by atoms with van der Waals surface area (Å²) >= 11 is 1.67. The highest BCUT2D eigenvalue weighted by Crippen LogP contribution is 2.41. The monoisotopic (exact) mass is 420 g/mol. The number of thiophene rings is 1. The van der Waals surface area contributed by atoms with E-state index in [1.165, 1.54) is 4.88 Å². The Morgan fingerprint density at radius 3 is 2.79 bits per heavy atom. The van der Waals surface area contributed by atoms with E-state index in [2.05, 4.69) is 22.9 Å². The van der Waals surface area contributed by atoms with Crippen LogP contribution in [0, 0.1) is 5.41 Å².